The average molecular weight is 285 g/mol. The van der Waals surface area contributed by atoms with Crippen LogP contribution < -0.4 is 5.32 Å². The SMILES string of the molecule is Cc1ccc(C(CC(=O)O)NC(=O)c2cnccn2)cc1. The zero-order valence-corrected chi connectivity index (χ0v) is 11.5. The van der Waals surface area contributed by atoms with Crippen molar-refractivity contribution in [2.24, 2.45) is 0 Å². The molecule has 0 saturated carbocycles. The first-order valence-electron chi connectivity index (χ1n) is 6.41. The lowest BCUT2D eigenvalue weighted by atomic mass is 10.0. The quantitative estimate of drug-likeness (QED) is 0.872. The Morgan fingerprint density at radius 1 is 1.24 bits per heavy atom. The Balaban J connectivity index is 2.18. The Bertz CT molecular complexity index is 626. The van der Waals surface area contributed by atoms with Crippen LogP contribution in [0.15, 0.2) is 42.9 Å². The van der Waals surface area contributed by atoms with Gasteiger partial charge in [0.05, 0.1) is 18.7 Å². The van der Waals surface area contributed by atoms with E-state index in [9.17, 15) is 9.59 Å². The zero-order chi connectivity index (χ0) is 15.2. The largest absolute Gasteiger partial charge is 0.481 e. The molecule has 6 nitrogen and oxygen atoms in total. The van der Waals surface area contributed by atoms with Gasteiger partial charge in [-0.1, -0.05) is 29.8 Å². The molecular weight excluding hydrogens is 270 g/mol. The smallest absolute Gasteiger partial charge is 0.305 e. The lowest BCUT2D eigenvalue weighted by molar-refractivity contribution is -0.137. The molecule has 1 heterocycles. The van der Waals surface area contributed by atoms with Gasteiger partial charge in [0.15, 0.2) is 0 Å². The van der Waals surface area contributed by atoms with Gasteiger partial charge in [0, 0.05) is 12.4 Å². The number of hydrogen-bond acceptors (Lipinski definition) is 4. The fraction of sp³-hybridized carbons (Fsp3) is 0.200. The molecule has 0 bridgehead atoms. The second-order valence-electron chi connectivity index (χ2n) is 4.63. The van der Waals surface area contributed by atoms with E-state index < -0.39 is 17.9 Å². The number of aliphatic carboxylic acids is 1. The maximum absolute atomic E-state index is 12.1. The molecule has 0 saturated heterocycles. The van der Waals surface area contributed by atoms with Crippen molar-refractivity contribution in [3.63, 3.8) is 0 Å². The van der Waals surface area contributed by atoms with Crippen molar-refractivity contribution in [1.82, 2.24) is 15.3 Å². The lowest BCUT2D eigenvalue weighted by Crippen LogP contribution is -2.30. The van der Waals surface area contributed by atoms with E-state index in [1.807, 2.05) is 19.1 Å². The van der Waals surface area contributed by atoms with Gasteiger partial charge in [0.1, 0.15) is 5.69 Å². The highest BCUT2D eigenvalue weighted by Crippen LogP contribution is 2.18. The second-order valence-corrected chi connectivity index (χ2v) is 4.63. The number of carboxylic acids is 1. The summed E-state index contributed by atoms with van der Waals surface area (Å²) in [6.45, 7) is 1.94. The molecule has 0 aliphatic carbocycles. The fourth-order valence-electron chi connectivity index (χ4n) is 1.87. The first kappa shape index (κ1) is 14.6. The Morgan fingerprint density at radius 3 is 2.52 bits per heavy atom. The van der Waals surface area contributed by atoms with E-state index in [4.69, 9.17) is 5.11 Å². The topological polar surface area (TPSA) is 92.2 Å². The van der Waals surface area contributed by atoms with Gasteiger partial charge < -0.3 is 10.4 Å². The van der Waals surface area contributed by atoms with Gasteiger partial charge >= 0.3 is 5.97 Å². The second kappa shape index (κ2) is 6.60. The van der Waals surface area contributed by atoms with Crippen molar-refractivity contribution >= 4 is 11.9 Å². The van der Waals surface area contributed by atoms with Gasteiger partial charge in [-0.05, 0) is 12.5 Å². The summed E-state index contributed by atoms with van der Waals surface area (Å²) >= 11 is 0. The molecule has 2 rings (SSSR count). The summed E-state index contributed by atoms with van der Waals surface area (Å²) in [4.78, 5) is 30.8. The molecular formula is C15H15N3O3. The molecule has 6 heteroatoms. The molecule has 0 spiro atoms. The van der Waals surface area contributed by atoms with Crippen molar-refractivity contribution in [2.75, 3.05) is 0 Å². The van der Waals surface area contributed by atoms with E-state index in [1.165, 1.54) is 18.6 Å². The summed E-state index contributed by atoms with van der Waals surface area (Å²) in [5.41, 5.74) is 1.95. The highest BCUT2D eigenvalue weighted by Gasteiger charge is 2.19. The number of benzene rings is 1. The van der Waals surface area contributed by atoms with Gasteiger partial charge in [-0.25, -0.2) is 4.98 Å². The van der Waals surface area contributed by atoms with Crippen LogP contribution in [0.25, 0.3) is 0 Å². The Hall–Kier alpha value is -2.76. The molecule has 0 fully saturated rings. The molecule has 0 aliphatic heterocycles. The van der Waals surface area contributed by atoms with E-state index >= 15 is 0 Å². The number of amides is 1. The third-order valence-electron chi connectivity index (χ3n) is 2.96. The van der Waals surface area contributed by atoms with E-state index in [2.05, 4.69) is 15.3 Å². The first-order valence-corrected chi connectivity index (χ1v) is 6.41. The number of rotatable bonds is 5. The minimum Gasteiger partial charge on any atom is -0.481 e. The van der Waals surface area contributed by atoms with Crippen LogP contribution in [0.1, 0.15) is 34.1 Å². The maximum atomic E-state index is 12.1. The number of aromatic nitrogens is 2. The van der Waals surface area contributed by atoms with Gasteiger partial charge in [0.2, 0.25) is 0 Å². The van der Waals surface area contributed by atoms with Crippen LogP contribution in [0.4, 0.5) is 0 Å². The Labute approximate surface area is 121 Å². The van der Waals surface area contributed by atoms with Crippen molar-refractivity contribution in [3.8, 4) is 0 Å². The molecule has 2 N–H and O–H groups in total. The van der Waals surface area contributed by atoms with Crippen molar-refractivity contribution in [2.45, 2.75) is 19.4 Å². The third-order valence-corrected chi connectivity index (χ3v) is 2.96. The summed E-state index contributed by atoms with van der Waals surface area (Å²) in [6, 6.07) is 6.74. The standard InChI is InChI=1S/C15H15N3O3/c1-10-2-4-11(5-3-10)12(8-14(19)20)18-15(21)13-9-16-6-7-17-13/h2-7,9,12H,8H2,1H3,(H,18,21)(H,19,20). The predicted octanol–water partition coefficient (Wildman–Crippen LogP) is 1.73. The average Bonchev–Trinajstić information content (AvgIpc) is 2.48. The van der Waals surface area contributed by atoms with Crippen molar-refractivity contribution < 1.29 is 14.7 Å². The zero-order valence-electron chi connectivity index (χ0n) is 11.5. The van der Waals surface area contributed by atoms with Gasteiger partial charge in [0.25, 0.3) is 5.91 Å². The van der Waals surface area contributed by atoms with Crippen LogP contribution in [0.5, 0.6) is 0 Å². The normalized spacial score (nSPS) is 11.7. The maximum Gasteiger partial charge on any atom is 0.305 e. The van der Waals surface area contributed by atoms with Crippen molar-refractivity contribution in [1.29, 1.82) is 0 Å². The molecule has 0 aliphatic rings. The Kier molecular flexibility index (Phi) is 4.61. The third kappa shape index (κ3) is 4.10. The van der Waals surface area contributed by atoms with E-state index in [0.717, 1.165) is 11.1 Å². The Morgan fingerprint density at radius 2 is 1.95 bits per heavy atom. The number of nitrogens with zero attached hydrogens (tertiary/aromatic N) is 2. The number of nitrogens with one attached hydrogen (secondary N) is 1. The summed E-state index contributed by atoms with van der Waals surface area (Å²) < 4.78 is 0. The highest BCUT2D eigenvalue weighted by atomic mass is 16.4. The summed E-state index contributed by atoms with van der Waals surface area (Å²) in [5.74, 6) is -1.44. The lowest BCUT2D eigenvalue weighted by Gasteiger charge is -2.17. The van der Waals surface area contributed by atoms with Crippen LogP contribution in [0, 0.1) is 6.92 Å². The molecule has 2 aromatic rings. The minimum atomic E-state index is -0.986. The van der Waals surface area contributed by atoms with Crippen LogP contribution in [0.3, 0.4) is 0 Å². The van der Waals surface area contributed by atoms with Crippen LogP contribution in [-0.4, -0.2) is 27.0 Å². The molecule has 1 aromatic heterocycles. The van der Waals surface area contributed by atoms with Gasteiger partial charge in [-0.3, -0.25) is 14.6 Å². The molecule has 1 amide bonds. The van der Waals surface area contributed by atoms with Crippen LogP contribution in [0.2, 0.25) is 0 Å². The van der Waals surface area contributed by atoms with E-state index in [-0.39, 0.29) is 12.1 Å². The van der Waals surface area contributed by atoms with E-state index in [1.54, 1.807) is 12.1 Å². The summed E-state index contributed by atoms with van der Waals surface area (Å²) in [7, 11) is 0. The molecule has 21 heavy (non-hydrogen) atoms. The fourth-order valence-corrected chi connectivity index (χ4v) is 1.87. The number of carbonyl (C=O) groups is 2. The van der Waals surface area contributed by atoms with Crippen LogP contribution >= 0.6 is 0 Å². The minimum absolute atomic E-state index is 0.153. The number of aryl methyl sites for hydroxylation is 1. The predicted molar refractivity (Wildman–Crippen MR) is 75.7 cm³/mol. The number of carbonyl (C=O) groups excluding carboxylic acids is 1. The monoisotopic (exact) mass is 285 g/mol. The van der Waals surface area contributed by atoms with E-state index in [0.29, 0.717) is 0 Å². The molecule has 0 radical (unpaired) electrons. The van der Waals surface area contributed by atoms with Gasteiger partial charge in [-0.2, -0.15) is 0 Å². The summed E-state index contributed by atoms with van der Waals surface area (Å²) in [5, 5.41) is 11.7. The van der Waals surface area contributed by atoms with Crippen LogP contribution in [-0.2, 0) is 4.79 Å². The first-order chi connectivity index (χ1) is 10.1. The number of hydrogen-bond donors (Lipinski definition) is 2. The molecule has 1 atom stereocenters. The molecule has 1 unspecified atom stereocenters. The number of carboxylic acid groups (broad SMARTS) is 1. The summed E-state index contributed by atoms with van der Waals surface area (Å²) in [6.07, 6.45) is 4.01. The highest BCUT2D eigenvalue weighted by molar-refractivity contribution is 5.92. The molecule has 1 aromatic carbocycles. The molecule has 108 valence electrons. The van der Waals surface area contributed by atoms with Gasteiger partial charge in [-0.15, -0.1) is 0 Å². The van der Waals surface area contributed by atoms with Crippen molar-refractivity contribution in [3.05, 3.63) is 59.7 Å².